The van der Waals surface area contributed by atoms with Crippen LogP contribution in [0.25, 0.3) is 0 Å². The first-order valence-corrected chi connectivity index (χ1v) is 6.11. The summed E-state index contributed by atoms with van der Waals surface area (Å²) >= 11 is 5.00. The van der Waals surface area contributed by atoms with Gasteiger partial charge in [-0.25, -0.2) is 4.39 Å². The molecule has 0 saturated carbocycles. The highest BCUT2D eigenvalue weighted by Crippen LogP contribution is 2.15. The Labute approximate surface area is 119 Å². The quantitative estimate of drug-likeness (QED) is 0.681. The Hall–Kier alpha value is -2.28. The van der Waals surface area contributed by atoms with Gasteiger partial charge in [-0.05, 0) is 30.4 Å². The molecule has 2 rings (SSSR count). The predicted octanol–water partition coefficient (Wildman–Crippen LogP) is 2.05. The molecule has 20 heavy (non-hydrogen) atoms. The van der Waals surface area contributed by atoms with Crippen molar-refractivity contribution < 1.29 is 9.50 Å². The van der Waals surface area contributed by atoms with Crippen LogP contribution in [0.15, 0.2) is 34.1 Å². The van der Waals surface area contributed by atoms with Gasteiger partial charge in [0.1, 0.15) is 11.4 Å². The first kappa shape index (κ1) is 14.1. The molecular formula is C13H12FN3O2S. The lowest BCUT2D eigenvalue weighted by atomic mass is 10.3. The van der Waals surface area contributed by atoms with Gasteiger partial charge in [0, 0.05) is 20.3 Å². The summed E-state index contributed by atoms with van der Waals surface area (Å²) in [5, 5.41) is 9.93. The number of nitrogens with zero attached hydrogens (tertiary/aromatic N) is 3. The Morgan fingerprint density at radius 3 is 2.70 bits per heavy atom. The molecule has 1 N–H and O–H groups in total. The SMILES string of the molecule is Cn1c(O)c(C=Nc2cccc(F)c2)c(=O)n(C)c1=S. The number of halogens is 1. The summed E-state index contributed by atoms with van der Waals surface area (Å²) in [6, 6.07) is 5.61. The van der Waals surface area contributed by atoms with E-state index in [-0.39, 0.29) is 16.2 Å². The second kappa shape index (κ2) is 5.38. The van der Waals surface area contributed by atoms with Crippen molar-refractivity contribution in [2.45, 2.75) is 0 Å². The minimum atomic E-state index is -0.467. The molecule has 1 heterocycles. The van der Waals surface area contributed by atoms with E-state index in [2.05, 4.69) is 4.99 Å². The van der Waals surface area contributed by atoms with Crippen molar-refractivity contribution in [1.82, 2.24) is 9.13 Å². The van der Waals surface area contributed by atoms with Gasteiger partial charge >= 0.3 is 0 Å². The van der Waals surface area contributed by atoms with Crippen molar-refractivity contribution in [2.75, 3.05) is 0 Å². The van der Waals surface area contributed by atoms with Gasteiger partial charge in [-0.1, -0.05) is 6.07 Å². The van der Waals surface area contributed by atoms with Gasteiger partial charge in [0.15, 0.2) is 4.77 Å². The third-order valence-corrected chi connectivity index (χ3v) is 3.37. The summed E-state index contributed by atoms with van der Waals surface area (Å²) in [6.07, 6.45) is 1.20. The summed E-state index contributed by atoms with van der Waals surface area (Å²) in [6.45, 7) is 0. The average Bonchev–Trinajstić information content (AvgIpc) is 2.43. The lowest BCUT2D eigenvalue weighted by Crippen LogP contribution is -2.25. The molecule has 0 unspecified atom stereocenters. The van der Waals surface area contributed by atoms with Crippen LogP contribution in [-0.2, 0) is 14.1 Å². The van der Waals surface area contributed by atoms with Crippen molar-refractivity contribution in [1.29, 1.82) is 0 Å². The molecule has 0 aliphatic heterocycles. The monoisotopic (exact) mass is 293 g/mol. The molecule has 104 valence electrons. The van der Waals surface area contributed by atoms with Crippen molar-refractivity contribution in [2.24, 2.45) is 19.1 Å². The first-order valence-electron chi connectivity index (χ1n) is 5.70. The number of benzene rings is 1. The summed E-state index contributed by atoms with van der Waals surface area (Å²) in [7, 11) is 3.04. The van der Waals surface area contributed by atoms with Crippen molar-refractivity contribution in [3.05, 3.63) is 50.8 Å². The summed E-state index contributed by atoms with van der Waals surface area (Å²) in [5.41, 5.74) is -0.129. The van der Waals surface area contributed by atoms with E-state index in [1.165, 1.54) is 47.6 Å². The van der Waals surface area contributed by atoms with Gasteiger partial charge < -0.3 is 5.11 Å². The van der Waals surface area contributed by atoms with E-state index in [0.717, 1.165) is 0 Å². The van der Waals surface area contributed by atoms with Crippen LogP contribution in [-0.4, -0.2) is 20.5 Å². The number of aliphatic imine (C=N–C) groups is 1. The maximum Gasteiger partial charge on any atom is 0.266 e. The molecule has 0 bridgehead atoms. The number of aromatic nitrogens is 2. The Bertz CT molecular complexity index is 808. The van der Waals surface area contributed by atoms with E-state index in [0.29, 0.717) is 5.69 Å². The van der Waals surface area contributed by atoms with E-state index < -0.39 is 11.4 Å². The summed E-state index contributed by atoms with van der Waals surface area (Å²) in [4.78, 5) is 16.0. The van der Waals surface area contributed by atoms with Crippen LogP contribution in [0.5, 0.6) is 5.88 Å². The van der Waals surface area contributed by atoms with Gasteiger partial charge in [-0.2, -0.15) is 0 Å². The zero-order chi connectivity index (χ0) is 14.9. The molecule has 0 atom stereocenters. The number of rotatable bonds is 2. The predicted molar refractivity (Wildman–Crippen MR) is 76.8 cm³/mol. The van der Waals surface area contributed by atoms with Crippen LogP contribution in [0.1, 0.15) is 5.56 Å². The molecule has 0 spiro atoms. The third-order valence-electron chi connectivity index (χ3n) is 2.82. The lowest BCUT2D eigenvalue weighted by molar-refractivity contribution is 0.415. The van der Waals surface area contributed by atoms with Crippen molar-refractivity contribution in [3.63, 3.8) is 0 Å². The second-order valence-electron chi connectivity index (χ2n) is 4.18. The molecule has 0 aliphatic carbocycles. The number of aromatic hydroxyl groups is 1. The fourth-order valence-corrected chi connectivity index (χ4v) is 1.84. The van der Waals surface area contributed by atoms with Crippen molar-refractivity contribution >= 4 is 24.1 Å². The fourth-order valence-electron chi connectivity index (χ4n) is 1.67. The van der Waals surface area contributed by atoms with Gasteiger partial charge in [0.2, 0.25) is 5.88 Å². The third kappa shape index (κ3) is 2.53. The van der Waals surface area contributed by atoms with Crippen LogP contribution in [0.3, 0.4) is 0 Å². The maximum absolute atomic E-state index is 13.0. The average molecular weight is 293 g/mol. The zero-order valence-corrected chi connectivity index (χ0v) is 11.7. The van der Waals surface area contributed by atoms with Gasteiger partial charge in [-0.15, -0.1) is 0 Å². The standard InChI is InChI=1S/C13H12FN3O2S/c1-16-11(18)10(12(19)17(2)13(16)20)7-15-9-5-3-4-8(14)6-9/h3-7,18H,1-2H3. The van der Waals surface area contributed by atoms with E-state index in [4.69, 9.17) is 12.2 Å². The Morgan fingerprint density at radius 2 is 2.05 bits per heavy atom. The second-order valence-corrected chi connectivity index (χ2v) is 4.55. The minimum Gasteiger partial charge on any atom is -0.494 e. The molecule has 0 aliphatic rings. The topological polar surface area (TPSA) is 59.5 Å². The smallest absolute Gasteiger partial charge is 0.266 e. The van der Waals surface area contributed by atoms with Crippen LogP contribution in [0, 0.1) is 10.6 Å². The van der Waals surface area contributed by atoms with E-state index in [1.54, 1.807) is 6.07 Å². The molecule has 1 aromatic carbocycles. The Balaban J connectivity index is 2.55. The molecule has 7 heteroatoms. The van der Waals surface area contributed by atoms with E-state index in [9.17, 15) is 14.3 Å². The maximum atomic E-state index is 13.0. The molecule has 0 fully saturated rings. The van der Waals surface area contributed by atoms with Crippen LogP contribution >= 0.6 is 12.2 Å². The molecule has 0 saturated heterocycles. The van der Waals surface area contributed by atoms with Crippen LogP contribution in [0.4, 0.5) is 10.1 Å². The van der Waals surface area contributed by atoms with Gasteiger partial charge in [-0.3, -0.25) is 18.9 Å². The highest BCUT2D eigenvalue weighted by molar-refractivity contribution is 7.71. The zero-order valence-electron chi connectivity index (χ0n) is 10.9. The van der Waals surface area contributed by atoms with Crippen molar-refractivity contribution in [3.8, 4) is 5.88 Å². The summed E-state index contributed by atoms with van der Waals surface area (Å²) in [5.74, 6) is -0.707. The molecule has 0 radical (unpaired) electrons. The fraction of sp³-hybridized carbons (Fsp3) is 0.154. The van der Waals surface area contributed by atoms with E-state index in [1.807, 2.05) is 0 Å². The molecule has 2 aromatic rings. The lowest BCUT2D eigenvalue weighted by Gasteiger charge is -2.08. The van der Waals surface area contributed by atoms with Crippen LogP contribution in [0.2, 0.25) is 0 Å². The van der Waals surface area contributed by atoms with Gasteiger partial charge in [0.05, 0.1) is 5.69 Å². The molecular weight excluding hydrogens is 281 g/mol. The normalized spacial score (nSPS) is 11.2. The van der Waals surface area contributed by atoms with E-state index >= 15 is 0 Å². The Morgan fingerprint density at radius 1 is 1.35 bits per heavy atom. The highest BCUT2D eigenvalue weighted by Gasteiger charge is 2.11. The van der Waals surface area contributed by atoms with Gasteiger partial charge in [0.25, 0.3) is 5.56 Å². The number of hydrogen-bond acceptors (Lipinski definition) is 4. The first-order chi connectivity index (χ1) is 9.41. The molecule has 1 aromatic heterocycles. The highest BCUT2D eigenvalue weighted by atomic mass is 32.1. The molecule has 5 nitrogen and oxygen atoms in total. The largest absolute Gasteiger partial charge is 0.494 e. The molecule has 0 amide bonds. The summed E-state index contributed by atoms with van der Waals surface area (Å²) < 4.78 is 15.7. The minimum absolute atomic E-state index is 0.00661. The Kier molecular flexibility index (Phi) is 3.80. The van der Waals surface area contributed by atoms with Crippen LogP contribution < -0.4 is 5.56 Å². The number of hydrogen-bond donors (Lipinski definition) is 1.